The number of hydrogen-bond acceptors (Lipinski definition) is 3. The fourth-order valence-corrected chi connectivity index (χ4v) is 1.44. The van der Waals surface area contributed by atoms with Crippen molar-refractivity contribution in [2.75, 3.05) is 6.61 Å². The van der Waals surface area contributed by atoms with E-state index in [4.69, 9.17) is 0 Å². The molecule has 1 saturated heterocycles. The topological polar surface area (TPSA) is 46.6 Å². The average Bonchev–Trinajstić information content (AvgIpc) is 2.12. The minimum absolute atomic E-state index is 0.0525. The second-order valence-electron chi connectivity index (χ2n) is 1.82. The summed E-state index contributed by atoms with van der Waals surface area (Å²) in [6.45, 7) is 2.14. The van der Waals surface area contributed by atoms with E-state index in [2.05, 4.69) is 4.18 Å². The maximum absolute atomic E-state index is 10.6. The Morgan fingerprint density at radius 3 is 2.78 bits per heavy atom. The monoisotopic (exact) mass is 149 g/mol. The van der Waals surface area contributed by atoms with E-state index in [-0.39, 0.29) is 6.04 Å². The molecular formula is C4H7NO3S. The number of carbonyl (C=O) groups is 1. The van der Waals surface area contributed by atoms with Gasteiger partial charge >= 0.3 is 0 Å². The molecule has 52 valence electrons. The molecule has 0 N–H and O–H groups in total. The first kappa shape index (κ1) is 6.70. The minimum Gasteiger partial charge on any atom is -0.278 e. The van der Waals surface area contributed by atoms with Crippen LogP contribution in [-0.2, 0) is 20.2 Å². The molecule has 1 heterocycles. The van der Waals surface area contributed by atoms with Gasteiger partial charge < -0.3 is 0 Å². The highest BCUT2D eigenvalue weighted by Gasteiger charge is 2.26. The van der Waals surface area contributed by atoms with E-state index in [9.17, 15) is 9.00 Å². The lowest BCUT2D eigenvalue weighted by molar-refractivity contribution is -0.114. The van der Waals surface area contributed by atoms with Crippen molar-refractivity contribution in [3.05, 3.63) is 0 Å². The standard InChI is InChI=1S/C4H7NO3S/c1-4-2-8-9(7)5(4)3-6/h3-4H,2H2,1H3. The van der Waals surface area contributed by atoms with Gasteiger partial charge in [-0.25, -0.2) is 8.51 Å². The Labute approximate surface area is 55.6 Å². The van der Waals surface area contributed by atoms with Gasteiger partial charge in [0.1, 0.15) is 0 Å². The van der Waals surface area contributed by atoms with Crippen LogP contribution in [0.2, 0.25) is 0 Å². The van der Waals surface area contributed by atoms with Gasteiger partial charge in [-0.1, -0.05) is 0 Å². The van der Waals surface area contributed by atoms with Gasteiger partial charge in [-0.2, -0.15) is 0 Å². The fourth-order valence-electron chi connectivity index (χ4n) is 0.577. The highest BCUT2D eigenvalue weighted by atomic mass is 32.2. The van der Waals surface area contributed by atoms with E-state index in [1.807, 2.05) is 0 Å². The Bertz CT molecular complexity index is 149. The molecule has 1 aliphatic heterocycles. The molecule has 1 fully saturated rings. The van der Waals surface area contributed by atoms with E-state index < -0.39 is 11.3 Å². The van der Waals surface area contributed by atoms with Gasteiger partial charge in [0.15, 0.2) is 0 Å². The molecule has 2 unspecified atom stereocenters. The van der Waals surface area contributed by atoms with Crippen molar-refractivity contribution in [3.63, 3.8) is 0 Å². The van der Waals surface area contributed by atoms with Crippen LogP contribution in [0.4, 0.5) is 0 Å². The molecule has 0 aromatic carbocycles. The number of carbonyl (C=O) groups excluding carboxylic acids is 1. The van der Waals surface area contributed by atoms with Crippen LogP contribution in [0, 0.1) is 0 Å². The van der Waals surface area contributed by atoms with Gasteiger partial charge in [0.2, 0.25) is 6.41 Å². The molecule has 9 heavy (non-hydrogen) atoms. The summed E-state index contributed by atoms with van der Waals surface area (Å²) in [5.74, 6) is 0. The van der Waals surface area contributed by atoms with Crippen LogP contribution in [0.5, 0.6) is 0 Å². The van der Waals surface area contributed by atoms with E-state index in [1.165, 1.54) is 0 Å². The lowest BCUT2D eigenvalue weighted by Crippen LogP contribution is -2.26. The van der Waals surface area contributed by atoms with Crippen molar-refractivity contribution in [1.82, 2.24) is 4.31 Å². The molecule has 0 saturated carbocycles. The van der Waals surface area contributed by atoms with Crippen LogP contribution < -0.4 is 0 Å². The van der Waals surface area contributed by atoms with Crippen LogP contribution in [0.15, 0.2) is 0 Å². The zero-order valence-corrected chi connectivity index (χ0v) is 5.76. The van der Waals surface area contributed by atoms with Gasteiger partial charge in [0, 0.05) is 0 Å². The molecule has 2 atom stereocenters. The summed E-state index contributed by atoms with van der Waals surface area (Å²) < 4.78 is 16.4. The molecule has 1 rings (SSSR count). The molecule has 0 spiro atoms. The van der Waals surface area contributed by atoms with Crippen molar-refractivity contribution in [2.24, 2.45) is 0 Å². The van der Waals surface area contributed by atoms with Crippen LogP contribution in [-0.4, -0.2) is 27.6 Å². The Balaban J connectivity index is 2.65. The van der Waals surface area contributed by atoms with Gasteiger partial charge in [0.25, 0.3) is 11.3 Å². The molecule has 0 aromatic heterocycles. The number of rotatable bonds is 1. The minimum atomic E-state index is -1.53. The van der Waals surface area contributed by atoms with Crippen LogP contribution in [0.1, 0.15) is 6.92 Å². The zero-order valence-electron chi connectivity index (χ0n) is 4.94. The molecular weight excluding hydrogens is 142 g/mol. The third-order valence-corrected chi connectivity index (χ3v) is 2.25. The number of hydrogen-bond donors (Lipinski definition) is 0. The maximum Gasteiger partial charge on any atom is 0.266 e. The van der Waals surface area contributed by atoms with Crippen molar-refractivity contribution in [3.8, 4) is 0 Å². The summed E-state index contributed by atoms with van der Waals surface area (Å²) in [5.41, 5.74) is 0. The van der Waals surface area contributed by atoms with E-state index in [0.29, 0.717) is 13.0 Å². The summed E-state index contributed by atoms with van der Waals surface area (Å²) in [4.78, 5) is 10.1. The molecule has 0 aromatic rings. The molecule has 0 aliphatic carbocycles. The molecule has 0 bridgehead atoms. The number of nitrogens with zero attached hydrogens (tertiary/aromatic N) is 1. The summed E-state index contributed by atoms with van der Waals surface area (Å²) in [6.07, 6.45) is 0.535. The quantitative estimate of drug-likeness (QED) is 0.469. The Kier molecular flexibility index (Phi) is 1.82. The third-order valence-electron chi connectivity index (χ3n) is 1.12. The third kappa shape index (κ3) is 1.11. The molecule has 5 heteroatoms. The zero-order chi connectivity index (χ0) is 6.85. The van der Waals surface area contributed by atoms with Gasteiger partial charge in [-0.15, -0.1) is 0 Å². The summed E-state index contributed by atoms with van der Waals surface area (Å²) in [6, 6.07) is -0.0525. The average molecular weight is 149 g/mol. The SMILES string of the molecule is CC1COS(=O)N1C=O. The van der Waals surface area contributed by atoms with Crippen molar-refractivity contribution in [1.29, 1.82) is 0 Å². The van der Waals surface area contributed by atoms with E-state index >= 15 is 0 Å². The fraction of sp³-hybridized carbons (Fsp3) is 0.750. The second-order valence-corrected chi connectivity index (χ2v) is 2.91. The van der Waals surface area contributed by atoms with Crippen molar-refractivity contribution < 1.29 is 13.2 Å². The highest BCUT2D eigenvalue weighted by molar-refractivity contribution is 7.78. The smallest absolute Gasteiger partial charge is 0.266 e. The van der Waals surface area contributed by atoms with E-state index in [0.717, 1.165) is 4.31 Å². The maximum atomic E-state index is 10.6. The second kappa shape index (κ2) is 2.45. The van der Waals surface area contributed by atoms with Crippen molar-refractivity contribution in [2.45, 2.75) is 13.0 Å². The first-order valence-electron chi connectivity index (χ1n) is 2.54. The van der Waals surface area contributed by atoms with Gasteiger partial charge in [-0.3, -0.25) is 8.98 Å². The van der Waals surface area contributed by atoms with Gasteiger partial charge in [0.05, 0.1) is 12.6 Å². The first-order valence-corrected chi connectivity index (χ1v) is 3.57. The normalized spacial score (nSPS) is 35.0. The molecule has 4 nitrogen and oxygen atoms in total. The largest absolute Gasteiger partial charge is 0.278 e. The van der Waals surface area contributed by atoms with Crippen molar-refractivity contribution >= 4 is 17.7 Å². The number of amides is 1. The Morgan fingerprint density at radius 2 is 2.56 bits per heavy atom. The predicted molar refractivity (Wildman–Crippen MR) is 31.5 cm³/mol. The summed E-state index contributed by atoms with van der Waals surface area (Å²) in [7, 11) is 0. The summed E-state index contributed by atoms with van der Waals surface area (Å²) >= 11 is -1.53. The molecule has 0 radical (unpaired) electrons. The Hall–Kier alpha value is -0.420. The van der Waals surface area contributed by atoms with E-state index in [1.54, 1.807) is 6.92 Å². The Morgan fingerprint density at radius 1 is 1.89 bits per heavy atom. The predicted octanol–water partition coefficient (Wildman–Crippen LogP) is -0.558. The summed E-state index contributed by atoms with van der Waals surface area (Å²) in [5, 5.41) is 0. The lowest BCUT2D eigenvalue weighted by atomic mass is 10.4. The lowest BCUT2D eigenvalue weighted by Gasteiger charge is -2.07. The molecule has 1 aliphatic rings. The highest BCUT2D eigenvalue weighted by Crippen LogP contribution is 2.10. The van der Waals surface area contributed by atoms with Crippen LogP contribution in [0.25, 0.3) is 0 Å². The van der Waals surface area contributed by atoms with Crippen LogP contribution >= 0.6 is 0 Å². The van der Waals surface area contributed by atoms with Gasteiger partial charge in [-0.05, 0) is 6.92 Å². The molecule has 1 amide bonds. The van der Waals surface area contributed by atoms with Crippen LogP contribution in [0.3, 0.4) is 0 Å². The first-order chi connectivity index (χ1) is 4.25.